The maximum atomic E-state index is 11.9. The predicted molar refractivity (Wildman–Crippen MR) is 73.3 cm³/mol. The first-order valence-electron chi connectivity index (χ1n) is 5.87. The molecule has 1 aliphatic heterocycles. The summed E-state index contributed by atoms with van der Waals surface area (Å²) in [6.07, 6.45) is 2.05. The summed E-state index contributed by atoms with van der Waals surface area (Å²) in [5, 5.41) is 0.590. The molecule has 0 radical (unpaired) electrons. The van der Waals surface area contributed by atoms with E-state index in [4.69, 9.17) is 11.6 Å². The summed E-state index contributed by atoms with van der Waals surface area (Å²) in [5.74, 6) is -0.385. The van der Waals surface area contributed by atoms with Crippen molar-refractivity contribution in [3.8, 4) is 0 Å². The Morgan fingerprint density at radius 1 is 1.53 bits per heavy atom. The first-order valence-corrected chi connectivity index (χ1v) is 6.24. The molecule has 0 saturated carbocycles. The molecule has 0 bridgehead atoms. The molecule has 4 nitrogen and oxygen atoms in total. The summed E-state index contributed by atoms with van der Waals surface area (Å²) in [6.45, 7) is 2.00. The van der Waals surface area contributed by atoms with Crippen molar-refractivity contribution in [1.82, 2.24) is 0 Å². The third kappa shape index (κ3) is 2.79. The molecule has 5 heteroatoms. The van der Waals surface area contributed by atoms with Gasteiger partial charge in [-0.2, -0.15) is 0 Å². The van der Waals surface area contributed by atoms with E-state index in [1.165, 1.54) is 7.11 Å². The number of ether oxygens (including phenoxy) is 1. The van der Waals surface area contributed by atoms with Crippen LogP contribution in [0.5, 0.6) is 0 Å². The highest BCUT2D eigenvalue weighted by Gasteiger charge is 2.26. The number of nitrogens with zero attached hydrogens (tertiary/aromatic N) is 1. The van der Waals surface area contributed by atoms with Crippen LogP contribution in [0.2, 0.25) is 5.02 Å². The Hall–Kier alpha value is -1.81. The van der Waals surface area contributed by atoms with Crippen molar-refractivity contribution in [3.05, 3.63) is 40.4 Å². The molecule has 0 aromatic heterocycles. The molecule has 0 spiro atoms. The van der Waals surface area contributed by atoms with Crippen molar-refractivity contribution in [2.24, 2.45) is 0 Å². The number of esters is 1. The quantitative estimate of drug-likeness (QED) is 0.630. The van der Waals surface area contributed by atoms with Crippen LogP contribution in [0.15, 0.2) is 29.8 Å². The van der Waals surface area contributed by atoms with Gasteiger partial charge >= 0.3 is 5.97 Å². The number of hydrogen-bond acceptors (Lipinski definition) is 3. The Balaban J connectivity index is 2.21. The van der Waals surface area contributed by atoms with Crippen LogP contribution in [-0.2, 0) is 20.7 Å². The van der Waals surface area contributed by atoms with Crippen molar-refractivity contribution in [3.63, 3.8) is 0 Å². The lowest BCUT2D eigenvalue weighted by molar-refractivity contribution is -0.136. The van der Waals surface area contributed by atoms with Gasteiger partial charge in [-0.25, -0.2) is 4.79 Å². The van der Waals surface area contributed by atoms with Crippen LogP contribution in [0.25, 0.3) is 0 Å². The van der Waals surface area contributed by atoms with Crippen LogP contribution >= 0.6 is 11.6 Å². The molecule has 0 fully saturated rings. The van der Waals surface area contributed by atoms with Gasteiger partial charge in [0, 0.05) is 22.8 Å². The second-order valence-corrected chi connectivity index (χ2v) is 4.77. The summed E-state index contributed by atoms with van der Waals surface area (Å²) >= 11 is 5.94. The van der Waals surface area contributed by atoms with Crippen LogP contribution in [0, 0.1) is 0 Å². The van der Waals surface area contributed by atoms with Crippen molar-refractivity contribution < 1.29 is 14.3 Å². The number of benzene rings is 1. The lowest BCUT2D eigenvalue weighted by Gasteiger charge is -2.15. The molecule has 2 rings (SSSR count). The van der Waals surface area contributed by atoms with Crippen molar-refractivity contribution >= 4 is 29.2 Å². The zero-order valence-corrected chi connectivity index (χ0v) is 11.5. The minimum Gasteiger partial charge on any atom is -0.466 e. The largest absolute Gasteiger partial charge is 0.466 e. The standard InChI is InChI=1S/C14H14ClNO3/c1-9(14(18)19-2)5-6-16-12-8-11(15)4-3-10(12)7-13(16)17/h3-5,8H,6-7H2,1-2H3. The second kappa shape index (κ2) is 5.45. The zero-order chi connectivity index (χ0) is 14.0. The Bertz CT molecular complexity index is 566. The van der Waals surface area contributed by atoms with E-state index in [0.717, 1.165) is 11.3 Å². The lowest BCUT2D eigenvalue weighted by atomic mass is 10.2. The molecule has 1 aromatic rings. The fraction of sp³-hybridized carbons (Fsp3) is 0.286. The maximum Gasteiger partial charge on any atom is 0.333 e. The number of anilines is 1. The van der Waals surface area contributed by atoms with Crippen LogP contribution in [0.4, 0.5) is 5.69 Å². The summed E-state index contributed by atoms with van der Waals surface area (Å²) in [6, 6.07) is 5.39. The van der Waals surface area contributed by atoms with Gasteiger partial charge in [0.2, 0.25) is 5.91 Å². The molecule has 0 atom stereocenters. The number of hydrogen-bond donors (Lipinski definition) is 0. The van der Waals surface area contributed by atoms with Gasteiger partial charge in [-0.05, 0) is 24.6 Å². The SMILES string of the molecule is COC(=O)C(C)=CCN1C(=O)Cc2ccc(Cl)cc21. The minimum absolute atomic E-state index is 0.00572. The topological polar surface area (TPSA) is 46.6 Å². The highest BCUT2D eigenvalue weighted by Crippen LogP contribution is 2.31. The van der Waals surface area contributed by atoms with Crippen LogP contribution in [-0.4, -0.2) is 25.5 Å². The number of fused-ring (bicyclic) bond motifs is 1. The van der Waals surface area contributed by atoms with E-state index < -0.39 is 5.97 Å². The molecule has 19 heavy (non-hydrogen) atoms. The molecule has 1 amide bonds. The number of methoxy groups -OCH3 is 1. The molecule has 1 aromatic carbocycles. The number of carbonyl (C=O) groups is 2. The third-order valence-corrected chi connectivity index (χ3v) is 3.30. The van der Waals surface area contributed by atoms with Crippen molar-refractivity contribution in [1.29, 1.82) is 0 Å². The smallest absolute Gasteiger partial charge is 0.333 e. The van der Waals surface area contributed by atoms with E-state index in [1.807, 2.05) is 6.07 Å². The Kier molecular flexibility index (Phi) is 3.90. The normalized spacial score (nSPS) is 14.6. The average molecular weight is 280 g/mol. The first-order chi connectivity index (χ1) is 9.02. The fourth-order valence-corrected chi connectivity index (χ4v) is 2.17. The highest BCUT2D eigenvalue weighted by atomic mass is 35.5. The molecular formula is C14H14ClNO3. The van der Waals surface area contributed by atoms with Gasteiger partial charge in [-0.1, -0.05) is 23.7 Å². The number of carbonyl (C=O) groups excluding carboxylic acids is 2. The monoisotopic (exact) mass is 279 g/mol. The summed E-state index contributed by atoms with van der Waals surface area (Å²) < 4.78 is 4.61. The molecular weight excluding hydrogens is 266 g/mol. The summed E-state index contributed by atoms with van der Waals surface area (Å²) in [4.78, 5) is 24.8. The second-order valence-electron chi connectivity index (χ2n) is 4.33. The molecule has 1 heterocycles. The van der Waals surface area contributed by atoms with Gasteiger partial charge in [0.25, 0.3) is 0 Å². The van der Waals surface area contributed by atoms with E-state index in [1.54, 1.807) is 30.0 Å². The Morgan fingerprint density at radius 3 is 2.95 bits per heavy atom. The predicted octanol–water partition coefficient (Wildman–Crippen LogP) is 2.35. The van der Waals surface area contributed by atoms with Gasteiger partial charge in [-0.15, -0.1) is 0 Å². The van der Waals surface area contributed by atoms with Crippen molar-refractivity contribution in [2.45, 2.75) is 13.3 Å². The van der Waals surface area contributed by atoms with Gasteiger partial charge in [0.05, 0.1) is 13.5 Å². The molecule has 0 unspecified atom stereocenters. The van der Waals surface area contributed by atoms with Gasteiger partial charge < -0.3 is 9.64 Å². The minimum atomic E-state index is -0.391. The first kappa shape index (κ1) is 13.6. The fourth-order valence-electron chi connectivity index (χ4n) is 2.00. The molecule has 1 aliphatic rings. The van der Waals surface area contributed by atoms with E-state index in [-0.39, 0.29) is 5.91 Å². The molecule has 100 valence electrons. The van der Waals surface area contributed by atoms with Gasteiger partial charge in [0.15, 0.2) is 0 Å². The number of halogens is 1. The Labute approximate surface area is 116 Å². The Morgan fingerprint density at radius 2 is 2.26 bits per heavy atom. The van der Waals surface area contributed by atoms with E-state index in [0.29, 0.717) is 23.6 Å². The van der Waals surface area contributed by atoms with Crippen LogP contribution in [0.3, 0.4) is 0 Å². The summed E-state index contributed by atoms with van der Waals surface area (Å²) in [7, 11) is 1.33. The summed E-state index contributed by atoms with van der Waals surface area (Å²) in [5.41, 5.74) is 2.25. The lowest BCUT2D eigenvalue weighted by Crippen LogP contribution is -2.27. The zero-order valence-electron chi connectivity index (χ0n) is 10.8. The van der Waals surface area contributed by atoms with E-state index in [2.05, 4.69) is 4.74 Å². The van der Waals surface area contributed by atoms with Crippen molar-refractivity contribution in [2.75, 3.05) is 18.6 Å². The van der Waals surface area contributed by atoms with E-state index in [9.17, 15) is 9.59 Å². The van der Waals surface area contributed by atoms with Crippen LogP contribution < -0.4 is 4.90 Å². The number of rotatable bonds is 3. The van der Waals surface area contributed by atoms with Crippen LogP contribution in [0.1, 0.15) is 12.5 Å². The number of amides is 1. The van der Waals surface area contributed by atoms with E-state index >= 15 is 0 Å². The molecule has 0 saturated heterocycles. The third-order valence-electron chi connectivity index (χ3n) is 3.07. The van der Waals surface area contributed by atoms with Gasteiger partial charge in [0.1, 0.15) is 0 Å². The molecule has 0 N–H and O–H groups in total. The maximum absolute atomic E-state index is 11.9. The van der Waals surface area contributed by atoms with Gasteiger partial charge in [-0.3, -0.25) is 4.79 Å². The highest BCUT2D eigenvalue weighted by molar-refractivity contribution is 6.31. The average Bonchev–Trinajstić information content (AvgIpc) is 2.70. The molecule has 0 aliphatic carbocycles.